The molecule has 1 nitrogen and oxygen atoms in total. The molecule has 0 saturated carbocycles. The highest BCUT2D eigenvalue weighted by molar-refractivity contribution is 5.87. The van der Waals surface area contributed by atoms with Gasteiger partial charge in [0.05, 0.1) is 0 Å². The lowest BCUT2D eigenvalue weighted by Crippen LogP contribution is -2.28. The monoisotopic (exact) mass is 206 g/mol. The van der Waals surface area contributed by atoms with Crippen molar-refractivity contribution >= 4 is 5.78 Å². The molecule has 0 radical (unpaired) electrons. The second kappa shape index (κ2) is 4.34. The van der Waals surface area contributed by atoms with Crippen LogP contribution in [0.2, 0.25) is 0 Å². The molecule has 0 fully saturated rings. The maximum absolute atomic E-state index is 11.0. The Balaban J connectivity index is 3.05. The number of hydrogen-bond donors (Lipinski definition) is 0. The molecule has 0 aromatic rings. The van der Waals surface area contributed by atoms with Crippen molar-refractivity contribution in [3.63, 3.8) is 0 Å². The van der Waals surface area contributed by atoms with Crippen LogP contribution in [0.15, 0.2) is 23.3 Å². The third-order valence-electron chi connectivity index (χ3n) is 3.82. The maximum Gasteiger partial charge on any atom is 0.152 e. The van der Waals surface area contributed by atoms with Crippen LogP contribution in [0.4, 0.5) is 0 Å². The van der Waals surface area contributed by atoms with Crippen LogP contribution in [0.5, 0.6) is 0 Å². The van der Waals surface area contributed by atoms with Gasteiger partial charge in [-0.25, -0.2) is 0 Å². The summed E-state index contributed by atoms with van der Waals surface area (Å²) in [4.78, 5) is 11.0. The van der Waals surface area contributed by atoms with Crippen molar-refractivity contribution in [2.45, 2.75) is 47.5 Å². The molecule has 1 rings (SSSR count). The van der Waals surface area contributed by atoms with Crippen molar-refractivity contribution in [1.82, 2.24) is 0 Å². The van der Waals surface area contributed by atoms with Crippen molar-refractivity contribution in [1.29, 1.82) is 0 Å². The van der Waals surface area contributed by atoms with Gasteiger partial charge in [0.2, 0.25) is 0 Å². The Morgan fingerprint density at radius 1 is 1.47 bits per heavy atom. The minimum absolute atomic E-state index is 0.129. The second-order valence-electron chi connectivity index (χ2n) is 5.30. The summed E-state index contributed by atoms with van der Waals surface area (Å²) in [6.07, 6.45) is 6.14. The van der Waals surface area contributed by atoms with Crippen LogP contribution in [-0.2, 0) is 4.79 Å². The molecular weight excluding hydrogens is 184 g/mol. The van der Waals surface area contributed by atoms with E-state index in [0.717, 1.165) is 0 Å². The fourth-order valence-electron chi connectivity index (χ4n) is 2.30. The standard InChI is InChI=1S/C14H22O/c1-10-6-7-11(2)14(4,5)13(10)9-8-12(3)15/h8-9,11H,6-7H2,1-5H3/t11-/m1/s1. The molecule has 1 heteroatoms. The number of hydrogen-bond acceptors (Lipinski definition) is 1. The van der Waals surface area contributed by atoms with Gasteiger partial charge < -0.3 is 0 Å². The van der Waals surface area contributed by atoms with Gasteiger partial charge in [0.1, 0.15) is 0 Å². The summed E-state index contributed by atoms with van der Waals surface area (Å²) >= 11 is 0. The van der Waals surface area contributed by atoms with Crippen LogP contribution in [0, 0.1) is 11.3 Å². The minimum Gasteiger partial charge on any atom is -0.295 e. The summed E-state index contributed by atoms with van der Waals surface area (Å²) in [5.41, 5.74) is 3.00. The second-order valence-corrected chi connectivity index (χ2v) is 5.30. The average molecular weight is 206 g/mol. The first-order chi connectivity index (χ1) is 6.85. The van der Waals surface area contributed by atoms with Crippen LogP contribution in [0.25, 0.3) is 0 Å². The van der Waals surface area contributed by atoms with E-state index in [1.54, 1.807) is 13.0 Å². The van der Waals surface area contributed by atoms with Gasteiger partial charge in [0.25, 0.3) is 0 Å². The van der Waals surface area contributed by atoms with Gasteiger partial charge in [-0.15, -0.1) is 0 Å². The summed E-state index contributed by atoms with van der Waals surface area (Å²) in [5.74, 6) is 0.817. The quantitative estimate of drug-likeness (QED) is 0.626. The summed E-state index contributed by atoms with van der Waals surface area (Å²) in [6, 6.07) is 0. The molecule has 84 valence electrons. The molecule has 0 amide bonds. The van der Waals surface area contributed by atoms with Crippen LogP contribution in [0.1, 0.15) is 47.5 Å². The predicted octanol–water partition coefficient (Wildman–Crippen LogP) is 3.90. The van der Waals surface area contributed by atoms with Crippen molar-refractivity contribution in [2.75, 3.05) is 0 Å². The number of allylic oxidation sites excluding steroid dienone is 4. The van der Waals surface area contributed by atoms with E-state index in [4.69, 9.17) is 0 Å². The number of carbonyl (C=O) groups excluding carboxylic acids is 1. The first kappa shape index (κ1) is 12.2. The molecule has 1 aliphatic carbocycles. The third kappa shape index (κ3) is 2.58. The lowest BCUT2D eigenvalue weighted by molar-refractivity contribution is -0.112. The zero-order chi connectivity index (χ0) is 11.6. The van der Waals surface area contributed by atoms with Crippen LogP contribution < -0.4 is 0 Å². The Labute approximate surface area is 93.3 Å². The highest BCUT2D eigenvalue weighted by atomic mass is 16.1. The van der Waals surface area contributed by atoms with Crippen molar-refractivity contribution in [3.8, 4) is 0 Å². The summed E-state index contributed by atoms with van der Waals surface area (Å²) in [7, 11) is 0. The Morgan fingerprint density at radius 2 is 2.07 bits per heavy atom. The molecule has 0 bridgehead atoms. The van der Waals surface area contributed by atoms with E-state index in [0.29, 0.717) is 5.92 Å². The molecule has 0 aromatic carbocycles. The zero-order valence-electron chi connectivity index (χ0n) is 10.6. The number of carbonyl (C=O) groups is 1. The van der Waals surface area contributed by atoms with E-state index in [1.165, 1.54) is 24.0 Å². The first-order valence-electron chi connectivity index (χ1n) is 5.74. The van der Waals surface area contributed by atoms with E-state index in [-0.39, 0.29) is 11.2 Å². The van der Waals surface area contributed by atoms with Gasteiger partial charge >= 0.3 is 0 Å². The van der Waals surface area contributed by atoms with Gasteiger partial charge in [-0.1, -0.05) is 32.4 Å². The van der Waals surface area contributed by atoms with Crippen molar-refractivity contribution in [3.05, 3.63) is 23.3 Å². The Kier molecular flexibility index (Phi) is 3.54. The summed E-state index contributed by atoms with van der Waals surface area (Å²) in [6.45, 7) is 10.6. The van der Waals surface area contributed by atoms with E-state index in [9.17, 15) is 4.79 Å². The number of rotatable bonds is 2. The smallest absolute Gasteiger partial charge is 0.152 e. The van der Waals surface area contributed by atoms with Gasteiger partial charge in [0, 0.05) is 0 Å². The van der Waals surface area contributed by atoms with Crippen LogP contribution in [-0.4, -0.2) is 5.78 Å². The van der Waals surface area contributed by atoms with Gasteiger partial charge in [-0.05, 0) is 49.7 Å². The molecular formula is C14H22O. The maximum atomic E-state index is 11.0. The largest absolute Gasteiger partial charge is 0.295 e. The highest BCUT2D eigenvalue weighted by Gasteiger charge is 2.33. The lowest BCUT2D eigenvalue weighted by atomic mass is 9.66. The number of ketones is 1. The van der Waals surface area contributed by atoms with E-state index in [1.807, 2.05) is 6.08 Å². The van der Waals surface area contributed by atoms with E-state index < -0.39 is 0 Å². The lowest BCUT2D eigenvalue weighted by Gasteiger charge is -2.39. The van der Waals surface area contributed by atoms with E-state index >= 15 is 0 Å². The summed E-state index contributed by atoms with van der Waals surface area (Å²) in [5, 5.41) is 0. The fraction of sp³-hybridized carbons (Fsp3) is 0.643. The molecule has 0 heterocycles. The Morgan fingerprint density at radius 3 is 2.60 bits per heavy atom. The molecule has 0 unspecified atom stereocenters. The first-order valence-corrected chi connectivity index (χ1v) is 5.74. The van der Waals surface area contributed by atoms with Crippen molar-refractivity contribution in [2.24, 2.45) is 11.3 Å². The zero-order valence-corrected chi connectivity index (χ0v) is 10.6. The molecule has 0 aromatic heterocycles. The molecule has 0 saturated heterocycles. The molecule has 15 heavy (non-hydrogen) atoms. The van der Waals surface area contributed by atoms with Crippen LogP contribution in [0.3, 0.4) is 0 Å². The SMILES string of the molecule is CC(=O)C=CC1=C(C)CC[C@@H](C)C1(C)C. The minimum atomic E-state index is 0.129. The van der Waals surface area contributed by atoms with Gasteiger partial charge in [0.15, 0.2) is 5.78 Å². The fourth-order valence-corrected chi connectivity index (χ4v) is 2.30. The summed E-state index contributed by atoms with van der Waals surface area (Å²) < 4.78 is 0. The highest BCUT2D eigenvalue weighted by Crippen LogP contribution is 2.44. The van der Waals surface area contributed by atoms with Gasteiger partial charge in [-0.3, -0.25) is 4.79 Å². The predicted molar refractivity (Wildman–Crippen MR) is 64.7 cm³/mol. The normalized spacial score (nSPS) is 26.1. The van der Waals surface area contributed by atoms with Gasteiger partial charge in [-0.2, -0.15) is 0 Å². The molecule has 1 aliphatic rings. The van der Waals surface area contributed by atoms with E-state index in [2.05, 4.69) is 27.7 Å². The average Bonchev–Trinajstić information content (AvgIpc) is 2.11. The Bertz CT molecular complexity index is 318. The molecule has 1 atom stereocenters. The van der Waals surface area contributed by atoms with Crippen LogP contribution >= 0.6 is 0 Å². The molecule has 0 aliphatic heterocycles. The topological polar surface area (TPSA) is 17.1 Å². The third-order valence-corrected chi connectivity index (χ3v) is 3.82. The Hall–Kier alpha value is -0.850. The van der Waals surface area contributed by atoms with Crippen molar-refractivity contribution < 1.29 is 4.79 Å². The molecule has 0 N–H and O–H groups in total. The molecule has 0 spiro atoms.